The van der Waals surface area contributed by atoms with Crippen molar-refractivity contribution in [1.82, 2.24) is 25.4 Å². The number of hydrogen-bond donors (Lipinski definition) is 2. The van der Waals surface area contributed by atoms with Crippen molar-refractivity contribution >= 4 is 16.9 Å². The molecule has 1 aliphatic heterocycles. The van der Waals surface area contributed by atoms with E-state index in [1.54, 1.807) is 6.20 Å². The number of amides is 1. The number of carbonyl (C=O) groups excluding carboxylic acids is 1. The predicted molar refractivity (Wildman–Crippen MR) is 82.2 cm³/mol. The van der Waals surface area contributed by atoms with Crippen molar-refractivity contribution in [3.63, 3.8) is 0 Å². The van der Waals surface area contributed by atoms with E-state index in [1.165, 1.54) is 0 Å². The number of aromatic nitrogens is 3. The smallest absolute Gasteiger partial charge is 0.220 e. The van der Waals surface area contributed by atoms with Gasteiger partial charge in [0, 0.05) is 31.1 Å². The molecule has 0 atom stereocenters. The highest BCUT2D eigenvalue weighted by Gasteiger charge is 2.11. The van der Waals surface area contributed by atoms with Crippen LogP contribution in [0.3, 0.4) is 0 Å². The van der Waals surface area contributed by atoms with E-state index in [0.717, 1.165) is 50.3 Å². The van der Waals surface area contributed by atoms with Gasteiger partial charge < -0.3 is 10.1 Å². The molecule has 2 aromatic heterocycles. The molecule has 3 heterocycles. The number of hydrogen-bond acceptors (Lipinski definition) is 5. The molecule has 0 unspecified atom stereocenters. The summed E-state index contributed by atoms with van der Waals surface area (Å²) in [5, 5.41) is 10.9. The first kappa shape index (κ1) is 14.9. The Kier molecular flexibility index (Phi) is 4.97. The Bertz CT molecular complexity index is 621. The molecule has 0 aliphatic carbocycles. The maximum atomic E-state index is 11.9. The highest BCUT2D eigenvalue weighted by atomic mass is 16.5. The van der Waals surface area contributed by atoms with Crippen molar-refractivity contribution in [2.24, 2.45) is 0 Å². The van der Waals surface area contributed by atoms with E-state index in [4.69, 9.17) is 4.74 Å². The molecular formula is C15H21N5O2. The molecule has 2 aromatic rings. The lowest BCUT2D eigenvalue weighted by molar-refractivity contribution is -0.121. The third-order valence-corrected chi connectivity index (χ3v) is 3.85. The molecule has 0 spiro atoms. The lowest BCUT2D eigenvalue weighted by Crippen LogP contribution is -2.37. The fourth-order valence-electron chi connectivity index (χ4n) is 2.60. The highest BCUT2D eigenvalue weighted by molar-refractivity contribution is 5.79. The summed E-state index contributed by atoms with van der Waals surface area (Å²) in [7, 11) is 0. The van der Waals surface area contributed by atoms with E-state index in [2.05, 4.69) is 25.4 Å². The van der Waals surface area contributed by atoms with Gasteiger partial charge in [-0.1, -0.05) is 0 Å². The standard InChI is InChI=1S/C15H21N5O2/c21-14(4-2-6-20-7-9-22-10-8-20)17-11-13-12-3-1-5-16-15(12)19-18-13/h1,3,5H,2,4,6-11H2,(H,17,21)(H,16,18,19). The van der Waals surface area contributed by atoms with Crippen LogP contribution in [-0.2, 0) is 16.1 Å². The van der Waals surface area contributed by atoms with Crippen LogP contribution in [0, 0.1) is 0 Å². The van der Waals surface area contributed by atoms with Crippen molar-refractivity contribution in [3.05, 3.63) is 24.0 Å². The van der Waals surface area contributed by atoms with Crippen LogP contribution in [0.2, 0.25) is 0 Å². The minimum atomic E-state index is 0.0694. The quantitative estimate of drug-likeness (QED) is 0.820. The number of ether oxygens (including phenoxy) is 1. The molecule has 1 fully saturated rings. The number of pyridine rings is 1. The molecule has 0 aromatic carbocycles. The maximum Gasteiger partial charge on any atom is 0.220 e. The molecule has 1 saturated heterocycles. The van der Waals surface area contributed by atoms with Crippen LogP contribution in [0.5, 0.6) is 0 Å². The summed E-state index contributed by atoms with van der Waals surface area (Å²) >= 11 is 0. The van der Waals surface area contributed by atoms with E-state index in [0.29, 0.717) is 18.6 Å². The van der Waals surface area contributed by atoms with Gasteiger partial charge in [-0.15, -0.1) is 0 Å². The zero-order chi connectivity index (χ0) is 15.2. The van der Waals surface area contributed by atoms with E-state index in [1.807, 2.05) is 12.1 Å². The van der Waals surface area contributed by atoms with Crippen molar-refractivity contribution in [1.29, 1.82) is 0 Å². The molecule has 2 N–H and O–H groups in total. The minimum Gasteiger partial charge on any atom is -0.379 e. The Balaban J connectivity index is 1.40. The zero-order valence-electron chi connectivity index (χ0n) is 12.5. The van der Waals surface area contributed by atoms with E-state index in [-0.39, 0.29) is 5.91 Å². The second-order valence-electron chi connectivity index (χ2n) is 5.41. The first-order valence-corrected chi connectivity index (χ1v) is 7.68. The Morgan fingerprint density at radius 3 is 3.14 bits per heavy atom. The van der Waals surface area contributed by atoms with Gasteiger partial charge in [0.05, 0.1) is 25.5 Å². The van der Waals surface area contributed by atoms with Crippen LogP contribution in [0.15, 0.2) is 18.3 Å². The summed E-state index contributed by atoms with van der Waals surface area (Å²) in [5.74, 6) is 0.0694. The molecule has 3 rings (SSSR count). The van der Waals surface area contributed by atoms with Gasteiger partial charge in [0.15, 0.2) is 5.65 Å². The number of carbonyl (C=O) groups is 1. The second kappa shape index (κ2) is 7.33. The molecule has 1 aliphatic rings. The van der Waals surface area contributed by atoms with Crippen molar-refractivity contribution in [2.45, 2.75) is 19.4 Å². The minimum absolute atomic E-state index is 0.0694. The average molecular weight is 303 g/mol. The number of fused-ring (bicyclic) bond motifs is 1. The molecule has 7 nitrogen and oxygen atoms in total. The van der Waals surface area contributed by atoms with E-state index >= 15 is 0 Å². The summed E-state index contributed by atoms with van der Waals surface area (Å²) in [6, 6.07) is 3.82. The molecule has 0 saturated carbocycles. The second-order valence-corrected chi connectivity index (χ2v) is 5.41. The first-order valence-electron chi connectivity index (χ1n) is 7.68. The normalized spacial score (nSPS) is 16.0. The van der Waals surface area contributed by atoms with Crippen LogP contribution < -0.4 is 5.32 Å². The summed E-state index contributed by atoms with van der Waals surface area (Å²) in [5.41, 5.74) is 1.57. The van der Waals surface area contributed by atoms with Crippen LogP contribution in [-0.4, -0.2) is 58.8 Å². The van der Waals surface area contributed by atoms with Crippen LogP contribution >= 0.6 is 0 Å². The Morgan fingerprint density at radius 2 is 2.27 bits per heavy atom. The summed E-state index contributed by atoms with van der Waals surface area (Å²) in [4.78, 5) is 18.4. The van der Waals surface area contributed by atoms with Crippen molar-refractivity contribution in [3.8, 4) is 0 Å². The van der Waals surface area contributed by atoms with Crippen molar-refractivity contribution in [2.75, 3.05) is 32.8 Å². The largest absolute Gasteiger partial charge is 0.379 e. The Morgan fingerprint density at radius 1 is 1.41 bits per heavy atom. The van der Waals surface area contributed by atoms with Gasteiger partial charge in [0.2, 0.25) is 5.91 Å². The summed E-state index contributed by atoms with van der Waals surface area (Å²) in [6.45, 7) is 4.94. The van der Waals surface area contributed by atoms with Gasteiger partial charge >= 0.3 is 0 Å². The lowest BCUT2D eigenvalue weighted by atomic mass is 10.2. The summed E-state index contributed by atoms with van der Waals surface area (Å²) < 4.78 is 5.31. The van der Waals surface area contributed by atoms with Gasteiger partial charge in [-0.2, -0.15) is 5.10 Å². The number of aromatic amines is 1. The van der Waals surface area contributed by atoms with Gasteiger partial charge in [-0.05, 0) is 25.1 Å². The number of morpholine rings is 1. The predicted octanol–water partition coefficient (Wildman–Crippen LogP) is 0.687. The SMILES string of the molecule is O=C(CCCN1CCOCC1)NCc1[nH]nc2ncccc12. The van der Waals surface area contributed by atoms with Crippen LogP contribution in [0.1, 0.15) is 18.5 Å². The fourth-order valence-corrected chi connectivity index (χ4v) is 2.60. The van der Waals surface area contributed by atoms with E-state index in [9.17, 15) is 4.79 Å². The number of rotatable bonds is 6. The van der Waals surface area contributed by atoms with Crippen LogP contribution in [0.25, 0.3) is 11.0 Å². The first-order chi connectivity index (χ1) is 10.8. The molecule has 7 heteroatoms. The third-order valence-electron chi connectivity index (χ3n) is 3.85. The monoisotopic (exact) mass is 303 g/mol. The third kappa shape index (κ3) is 3.80. The maximum absolute atomic E-state index is 11.9. The number of H-pyrrole nitrogens is 1. The molecule has 0 bridgehead atoms. The number of nitrogens with one attached hydrogen (secondary N) is 2. The molecule has 118 valence electrons. The molecule has 1 amide bonds. The van der Waals surface area contributed by atoms with Gasteiger partial charge in [-0.25, -0.2) is 4.98 Å². The van der Waals surface area contributed by atoms with Crippen LogP contribution in [0.4, 0.5) is 0 Å². The number of nitrogens with zero attached hydrogens (tertiary/aromatic N) is 3. The average Bonchev–Trinajstić information content (AvgIpc) is 2.97. The van der Waals surface area contributed by atoms with Gasteiger partial charge in [0.25, 0.3) is 0 Å². The highest BCUT2D eigenvalue weighted by Crippen LogP contribution is 2.12. The Labute approximate surface area is 129 Å². The van der Waals surface area contributed by atoms with E-state index < -0.39 is 0 Å². The lowest BCUT2D eigenvalue weighted by Gasteiger charge is -2.26. The fraction of sp³-hybridized carbons (Fsp3) is 0.533. The Hall–Kier alpha value is -1.99. The summed E-state index contributed by atoms with van der Waals surface area (Å²) in [6.07, 6.45) is 3.12. The molecule has 22 heavy (non-hydrogen) atoms. The molecule has 0 radical (unpaired) electrons. The zero-order valence-corrected chi connectivity index (χ0v) is 12.5. The van der Waals surface area contributed by atoms with Gasteiger partial charge in [0.1, 0.15) is 0 Å². The van der Waals surface area contributed by atoms with Crippen molar-refractivity contribution < 1.29 is 9.53 Å². The topological polar surface area (TPSA) is 83.1 Å². The molecular weight excluding hydrogens is 282 g/mol. The van der Waals surface area contributed by atoms with Gasteiger partial charge in [-0.3, -0.25) is 14.8 Å².